The highest BCUT2D eigenvalue weighted by atomic mass is 19.4. The van der Waals surface area contributed by atoms with Gasteiger partial charge >= 0.3 is 12.1 Å². The van der Waals surface area contributed by atoms with E-state index in [1.54, 1.807) is 0 Å². The smallest absolute Gasteiger partial charge is 0.382 e. The summed E-state index contributed by atoms with van der Waals surface area (Å²) in [5.41, 5.74) is -10.7. The Balaban J connectivity index is 2.84. The van der Waals surface area contributed by atoms with Crippen LogP contribution >= 0.6 is 0 Å². The Morgan fingerprint density at radius 3 is 1.33 bits per heavy atom. The van der Waals surface area contributed by atoms with Gasteiger partial charge in [-0.25, -0.2) is 4.39 Å². The van der Waals surface area contributed by atoms with Crippen molar-refractivity contribution in [1.29, 1.82) is 0 Å². The van der Waals surface area contributed by atoms with Crippen LogP contribution in [-0.2, 0) is 0 Å². The van der Waals surface area contributed by atoms with Gasteiger partial charge < -0.3 is 10.2 Å². The van der Waals surface area contributed by atoms with Gasteiger partial charge in [-0.05, 0) is 39.8 Å². The Morgan fingerprint density at radius 1 is 0.741 bits per heavy atom. The van der Waals surface area contributed by atoms with Crippen LogP contribution in [0.1, 0.15) is 40.5 Å². The molecule has 27 heavy (non-hydrogen) atoms. The largest absolute Gasteiger partial charge is 0.457 e. The van der Waals surface area contributed by atoms with E-state index in [2.05, 4.69) is 0 Å². The fourth-order valence-electron chi connectivity index (χ4n) is 4.22. The monoisotopic (exact) mass is 396 g/mol. The summed E-state index contributed by atoms with van der Waals surface area (Å²) < 4.78 is 85.3. The molecule has 2 unspecified atom stereocenters. The average molecular weight is 396 g/mol. The minimum Gasteiger partial charge on any atom is -0.382 e. The molecular formula is C19H22F6O2. The van der Waals surface area contributed by atoms with Crippen LogP contribution in [0.3, 0.4) is 0 Å². The molecule has 2 aliphatic carbocycles. The summed E-state index contributed by atoms with van der Waals surface area (Å²) >= 11 is 0. The first-order valence-electron chi connectivity index (χ1n) is 8.30. The number of rotatable bonds is 3. The SMILES string of the molecule is CC1=CC(O)(C(F)(C2(O)C=C(C)C=C(C)C2)C(F)(F)C(F)(F)F)CC(C)=C1. The molecule has 0 spiro atoms. The summed E-state index contributed by atoms with van der Waals surface area (Å²) in [6, 6.07) is 0. The number of hydrogen-bond acceptors (Lipinski definition) is 2. The van der Waals surface area contributed by atoms with Crippen molar-refractivity contribution in [3.63, 3.8) is 0 Å². The third-order valence-corrected chi connectivity index (χ3v) is 4.96. The highest BCUT2D eigenvalue weighted by Gasteiger charge is 2.83. The molecule has 0 saturated carbocycles. The van der Waals surface area contributed by atoms with E-state index in [1.165, 1.54) is 39.8 Å². The van der Waals surface area contributed by atoms with Crippen molar-refractivity contribution in [3.05, 3.63) is 46.6 Å². The number of alkyl halides is 6. The zero-order valence-electron chi connectivity index (χ0n) is 15.4. The Bertz CT molecular complexity index is 711. The Hall–Kier alpha value is -1.54. The molecule has 2 atom stereocenters. The maximum Gasteiger partial charge on any atom is 0.457 e. The van der Waals surface area contributed by atoms with Crippen LogP contribution in [-0.4, -0.2) is 39.2 Å². The van der Waals surface area contributed by atoms with E-state index in [4.69, 9.17) is 0 Å². The van der Waals surface area contributed by atoms with Gasteiger partial charge in [-0.15, -0.1) is 0 Å². The summed E-state index contributed by atoms with van der Waals surface area (Å²) in [4.78, 5) is 0. The second-order valence-corrected chi connectivity index (χ2v) is 7.69. The van der Waals surface area contributed by atoms with Crippen LogP contribution in [0.25, 0.3) is 0 Å². The summed E-state index contributed by atoms with van der Waals surface area (Å²) in [7, 11) is 0. The predicted octanol–water partition coefficient (Wildman–Crippen LogP) is 4.95. The number of hydrogen-bond donors (Lipinski definition) is 2. The van der Waals surface area contributed by atoms with Gasteiger partial charge in [0.2, 0.25) is 5.67 Å². The Labute approximate surface area is 153 Å². The van der Waals surface area contributed by atoms with Gasteiger partial charge in [0.05, 0.1) is 0 Å². The lowest BCUT2D eigenvalue weighted by molar-refractivity contribution is -0.374. The maximum atomic E-state index is 16.2. The van der Waals surface area contributed by atoms with Gasteiger partial charge in [-0.1, -0.05) is 34.4 Å². The average Bonchev–Trinajstić information content (AvgIpc) is 2.41. The lowest BCUT2D eigenvalue weighted by Crippen LogP contribution is -2.76. The summed E-state index contributed by atoms with van der Waals surface area (Å²) in [5, 5.41) is 21.7. The van der Waals surface area contributed by atoms with Crippen LogP contribution < -0.4 is 0 Å². The standard InChI is InChI=1S/C19H22F6O2/c1-11-5-12(2)8-15(26,7-11)17(20,18(21,22)19(23,24)25)16(27)9-13(3)6-14(4)10-16/h5-7,9,26-27H,8,10H2,1-4H3. The molecule has 0 aliphatic heterocycles. The van der Waals surface area contributed by atoms with Crippen molar-refractivity contribution in [2.45, 2.75) is 69.5 Å². The molecule has 2 rings (SSSR count). The number of aliphatic hydroxyl groups is 2. The predicted molar refractivity (Wildman–Crippen MR) is 89.0 cm³/mol. The highest BCUT2D eigenvalue weighted by molar-refractivity contribution is 5.43. The molecule has 0 saturated heterocycles. The topological polar surface area (TPSA) is 40.5 Å². The van der Waals surface area contributed by atoms with Gasteiger partial charge in [0, 0.05) is 12.8 Å². The van der Waals surface area contributed by atoms with Crippen molar-refractivity contribution in [3.8, 4) is 0 Å². The minimum atomic E-state index is -6.33. The van der Waals surface area contributed by atoms with Crippen molar-refractivity contribution < 1.29 is 36.6 Å². The third kappa shape index (κ3) is 3.16. The molecule has 0 fully saturated rings. The van der Waals surface area contributed by atoms with Gasteiger partial charge in [0.25, 0.3) is 0 Å². The molecule has 152 valence electrons. The van der Waals surface area contributed by atoms with Crippen molar-refractivity contribution >= 4 is 0 Å². The first kappa shape index (κ1) is 21.8. The zero-order valence-corrected chi connectivity index (χ0v) is 15.4. The van der Waals surface area contributed by atoms with Gasteiger partial charge in [-0.2, -0.15) is 22.0 Å². The third-order valence-electron chi connectivity index (χ3n) is 4.96. The first-order chi connectivity index (χ1) is 12.0. The lowest BCUT2D eigenvalue weighted by Gasteiger charge is -2.53. The Morgan fingerprint density at radius 2 is 1.07 bits per heavy atom. The van der Waals surface area contributed by atoms with Crippen LogP contribution in [0.2, 0.25) is 0 Å². The van der Waals surface area contributed by atoms with E-state index in [-0.39, 0.29) is 22.3 Å². The first-order valence-corrected chi connectivity index (χ1v) is 8.30. The molecule has 2 N–H and O–H groups in total. The van der Waals surface area contributed by atoms with Crippen LogP contribution in [0.5, 0.6) is 0 Å². The van der Waals surface area contributed by atoms with Gasteiger partial charge in [0.15, 0.2) is 0 Å². The molecule has 0 radical (unpaired) electrons. The van der Waals surface area contributed by atoms with E-state index in [0.29, 0.717) is 12.2 Å². The second-order valence-electron chi connectivity index (χ2n) is 7.69. The van der Waals surface area contributed by atoms with E-state index in [9.17, 15) is 32.2 Å². The summed E-state index contributed by atoms with van der Waals surface area (Å²) in [5.74, 6) is -6.04. The summed E-state index contributed by atoms with van der Waals surface area (Å²) in [6.07, 6.45) is -3.81. The van der Waals surface area contributed by atoms with Gasteiger partial charge in [0.1, 0.15) is 11.2 Å². The van der Waals surface area contributed by atoms with Crippen LogP contribution in [0.15, 0.2) is 46.6 Å². The fourth-order valence-corrected chi connectivity index (χ4v) is 4.22. The Kier molecular flexibility index (Phi) is 5.03. The molecule has 0 aromatic carbocycles. The van der Waals surface area contributed by atoms with Crippen molar-refractivity contribution in [2.24, 2.45) is 0 Å². The molecule has 2 aliphatic rings. The molecule has 0 heterocycles. The molecular weight excluding hydrogens is 374 g/mol. The molecule has 2 nitrogen and oxygen atoms in total. The van der Waals surface area contributed by atoms with Gasteiger partial charge in [-0.3, -0.25) is 0 Å². The normalized spacial score (nSPS) is 32.1. The molecule has 0 aromatic rings. The van der Waals surface area contributed by atoms with E-state index in [0.717, 1.165) is 0 Å². The van der Waals surface area contributed by atoms with Crippen LogP contribution in [0.4, 0.5) is 26.3 Å². The minimum absolute atomic E-state index is 0.119. The highest BCUT2D eigenvalue weighted by Crippen LogP contribution is 2.59. The van der Waals surface area contributed by atoms with Crippen molar-refractivity contribution in [1.82, 2.24) is 0 Å². The fraction of sp³-hybridized carbons (Fsp3) is 0.579. The van der Waals surface area contributed by atoms with Crippen LogP contribution in [0, 0.1) is 0 Å². The molecule has 0 aromatic heterocycles. The van der Waals surface area contributed by atoms with Crippen molar-refractivity contribution in [2.75, 3.05) is 0 Å². The molecule has 0 amide bonds. The summed E-state index contributed by atoms with van der Waals surface area (Å²) in [6.45, 7) is 5.45. The quantitative estimate of drug-likeness (QED) is 0.663. The second kappa shape index (κ2) is 6.24. The molecule has 0 bridgehead atoms. The maximum absolute atomic E-state index is 16.2. The van der Waals surface area contributed by atoms with E-state index >= 15 is 4.39 Å². The number of allylic oxidation sites excluding steroid dienone is 4. The van der Waals surface area contributed by atoms with E-state index < -0.39 is 41.8 Å². The molecule has 8 heteroatoms. The number of halogens is 6. The zero-order chi connectivity index (χ0) is 21.1. The van der Waals surface area contributed by atoms with E-state index in [1.807, 2.05) is 0 Å². The lowest BCUT2D eigenvalue weighted by atomic mass is 9.61.